The first kappa shape index (κ1) is 9.35. The molecule has 0 spiro atoms. The third kappa shape index (κ3) is 1.37. The Morgan fingerprint density at radius 1 is 1.38 bits per heavy atom. The number of fused-ring (bicyclic) bond motifs is 1. The van der Waals surface area contributed by atoms with Crippen LogP contribution in [0.1, 0.15) is 0 Å². The van der Waals surface area contributed by atoms with Gasteiger partial charge in [-0.2, -0.15) is 5.10 Å². The molecule has 16 heavy (non-hydrogen) atoms. The molecule has 0 unspecified atom stereocenters. The van der Waals surface area contributed by atoms with Crippen LogP contribution in [0.3, 0.4) is 0 Å². The highest BCUT2D eigenvalue weighted by molar-refractivity contribution is 6.33. The van der Waals surface area contributed by atoms with E-state index >= 15 is 0 Å². The summed E-state index contributed by atoms with van der Waals surface area (Å²) in [5.41, 5.74) is 3.49. The molecule has 0 aromatic carbocycles. The molecule has 3 rings (SSSR count). The molecule has 0 atom stereocenters. The number of H-pyrrole nitrogens is 1. The largest absolute Gasteiger partial charge is 0.351 e. The molecule has 0 amide bonds. The second kappa shape index (κ2) is 3.31. The fraction of sp³-hybridized carbons (Fsp3) is 0.100. The highest BCUT2D eigenvalue weighted by Crippen LogP contribution is 2.25. The first-order chi connectivity index (χ1) is 7.74. The van der Waals surface area contributed by atoms with Crippen molar-refractivity contribution in [2.45, 2.75) is 0 Å². The number of hydrogen-bond acceptors (Lipinski definition) is 3. The second-order valence-corrected chi connectivity index (χ2v) is 3.87. The van der Waals surface area contributed by atoms with E-state index in [1.165, 1.54) is 6.33 Å². The van der Waals surface area contributed by atoms with Gasteiger partial charge in [0.15, 0.2) is 5.15 Å². The van der Waals surface area contributed by atoms with Crippen LogP contribution in [0, 0.1) is 0 Å². The minimum atomic E-state index is 0.431. The molecule has 3 aromatic heterocycles. The summed E-state index contributed by atoms with van der Waals surface area (Å²) in [5.74, 6) is 0. The Morgan fingerprint density at radius 2 is 2.25 bits per heavy atom. The molecule has 6 heteroatoms. The standard InChI is InChI=1S/C10H8ClN5/c1-16-4-6(3-14-16)7-2-8-9(15-7)10(11)13-5-12-8/h2-5,15H,1H3. The Kier molecular flexibility index (Phi) is 1.94. The first-order valence-electron chi connectivity index (χ1n) is 4.72. The third-order valence-corrected chi connectivity index (χ3v) is 2.67. The number of hydrogen-bond donors (Lipinski definition) is 1. The van der Waals surface area contributed by atoms with Crippen molar-refractivity contribution in [3.63, 3.8) is 0 Å². The number of aromatic amines is 1. The van der Waals surface area contributed by atoms with Crippen molar-refractivity contribution in [3.8, 4) is 11.3 Å². The molecule has 80 valence electrons. The van der Waals surface area contributed by atoms with Crippen molar-refractivity contribution in [1.82, 2.24) is 24.7 Å². The molecule has 0 aliphatic rings. The molecular formula is C10H8ClN5. The molecule has 0 radical (unpaired) electrons. The second-order valence-electron chi connectivity index (χ2n) is 3.51. The summed E-state index contributed by atoms with van der Waals surface area (Å²) in [7, 11) is 1.87. The van der Waals surface area contributed by atoms with E-state index in [1.807, 2.05) is 19.3 Å². The van der Waals surface area contributed by atoms with Crippen LogP contribution in [-0.2, 0) is 7.05 Å². The van der Waals surface area contributed by atoms with Crippen molar-refractivity contribution in [2.75, 3.05) is 0 Å². The zero-order valence-electron chi connectivity index (χ0n) is 8.48. The van der Waals surface area contributed by atoms with Crippen LogP contribution in [0.15, 0.2) is 24.8 Å². The number of nitrogens with one attached hydrogen (secondary N) is 1. The molecule has 0 aliphatic heterocycles. The van der Waals surface area contributed by atoms with Gasteiger partial charge in [0, 0.05) is 18.8 Å². The van der Waals surface area contributed by atoms with Crippen molar-refractivity contribution < 1.29 is 0 Å². The van der Waals surface area contributed by atoms with Gasteiger partial charge in [0.25, 0.3) is 0 Å². The number of nitrogens with zero attached hydrogens (tertiary/aromatic N) is 4. The van der Waals surface area contributed by atoms with Gasteiger partial charge < -0.3 is 4.98 Å². The van der Waals surface area contributed by atoms with E-state index in [4.69, 9.17) is 11.6 Å². The molecule has 5 nitrogen and oxygen atoms in total. The maximum atomic E-state index is 5.96. The van der Waals surface area contributed by atoms with Crippen LogP contribution in [0.2, 0.25) is 5.15 Å². The smallest absolute Gasteiger partial charge is 0.156 e. The average molecular weight is 234 g/mol. The van der Waals surface area contributed by atoms with Crippen LogP contribution in [0.4, 0.5) is 0 Å². The normalized spacial score (nSPS) is 11.1. The summed E-state index contributed by atoms with van der Waals surface area (Å²) in [6.45, 7) is 0. The van der Waals surface area contributed by atoms with Crippen molar-refractivity contribution in [2.24, 2.45) is 7.05 Å². The van der Waals surface area contributed by atoms with E-state index in [2.05, 4.69) is 20.1 Å². The average Bonchev–Trinajstić information content (AvgIpc) is 2.84. The van der Waals surface area contributed by atoms with Gasteiger partial charge in [0.05, 0.1) is 17.4 Å². The van der Waals surface area contributed by atoms with Crippen LogP contribution in [-0.4, -0.2) is 24.7 Å². The van der Waals surface area contributed by atoms with Crippen molar-refractivity contribution in [1.29, 1.82) is 0 Å². The van der Waals surface area contributed by atoms with E-state index in [1.54, 1.807) is 10.9 Å². The Balaban J connectivity index is 2.22. The SMILES string of the molecule is Cn1cc(-c2cc3ncnc(Cl)c3[nH]2)cn1. The van der Waals surface area contributed by atoms with E-state index in [0.29, 0.717) is 5.15 Å². The lowest BCUT2D eigenvalue weighted by Crippen LogP contribution is -1.84. The van der Waals surface area contributed by atoms with E-state index in [0.717, 1.165) is 22.3 Å². The van der Waals surface area contributed by atoms with Crippen LogP contribution in [0.25, 0.3) is 22.3 Å². The predicted molar refractivity (Wildman–Crippen MR) is 61.1 cm³/mol. The molecule has 3 aromatic rings. The van der Waals surface area contributed by atoms with Crippen molar-refractivity contribution in [3.05, 3.63) is 29.9 Å². The maximum Gasteiger partial charge on any atom is 0.156 e. The minimum Gasteiger partial charge on any atom is -0.351 e. The topological polar surface area (TPSA) is 59.4 Å². The molecular weight excluding hydrogens is 226 g/mol. The van der Waals surface area contributed by atoms with Gasteiger partial charge >= 0.3 is 0 Å². The summed E-state index contributed by atoms with van der Waals surface area (Å²) in [4.78, 5) is 11.2. The zero-order chi connectivity index (χ0) is 11.1. The maximum absolute atomic E-state index is 5.96. The van der Waals surface area contributed by atoms with Gasteiger partial charge in [-0.3, -0.25) is 4.68 Å². The highest BCUT2D eigenvalue weighted by Gasteiger charge is 2.08. The molecule has 0 fully saturated rings. The lowest BCUT2D eigenvalue weighted by Gasteiger charge is -1.90. The summed E-state index contributed by atoms with van der Waals surface area (Å²) in [5, 5.41) is 4.54. The number of aryl methyl sites for hydroxylation is 1. The Labute approximate surface area is 96.1 Å². The lowest BCUT2D eigenvalue weighted by atomic mass is 10.2. The Bertz CT molecular complexity index is 654. The van der Waals surface area contributed by atoms with Crippen LogP contribution >= 0.6 is 11.6 Å². The van der Waals surface area contributed by atoms with E-state index in [-0.39, 0.29) is 0 Å². The molecule has 0 aliphatic carbocycles. The van der Waals surface area contributed by atoms with Crippen molar-refractivity contribution >= 4 is 22.6 Å². The van der Waals surface area contributed by atoms with Gasteiger partial charge in [0.2, 0.25) is 0 Å². The van der Waals surface area contributed by atoms with Gasteiger partial charge in [-0.1, -0.05) is 11.6 Å². The fourth-order valence-electron chi connectivity index (χ4n) is 1.62. The van der Waals surface area contributed by atoms with Gasteiger partial charge in [-0.25, -0.2) is 9.97 Å². The monoisotopic (exact) mass is 233 g/mol. The van der Waals surface area contributed by atoms with E-state index in [9.17, 15) is 0 Å². The lowest BCUT2D eigenvalue weighted by molar-refractivity contribution is 0.768. The molecule has 0 bridgehead atoms. The van der Waals surface area contributed by atoms with E-state index < -0.39 is 0 Å². The van der Waals surface area contributed by atoms with Crippen LogP contribution < -0.4 is 0 Å². The molecule has 0 saturated carbocycles. The quantitative estimate of drug-likeness (QED) is 0.654. The van der Waals surface area contributed by atoms with Gasteiger partial charge in [0.1, 0.15) is 11.8 Å². The fourth-order valence-corrected chi connectivity index (χ4v) is 1.81. The Hall–Kier alpha value is -1.88. The summed E-state index contributed by atoms with van der Waals surface area (Å²) in [6, 6.07) is 1.93. The molecule has 3 heterocycles. The van der Waals surface area contributed by atoms with Gasteiger partial charge in [-0.05, 0) is 6.07 Å². The number of rotatable bonds is 1. The summed E-state index contributed by atoms with van der Waals surface area (Å²) < 4.78 is 1.74. The number of halogens is 1. The minimum absolute atomic E-state index is 0.431. The highest BCUT2D eigenvalue weighted by atomic mass is 35.5. The molecule has 0 saturated heterocycles. The zero-order valence-corrected chi connectivity index (χ0v) is 9.23. The molecule has 1 N–H and O–H groups in total. The van der Waals surface area contributed by atoms with Gasteiger partial charge in [-0.15, -0.1) is 0 Å². The predicted octanol–water partition coefficient (Wildman–Crippen LogP) is 2.01. The summed E-state index contributed by atoms with van der Waals surface area (Å²) in [6.07, 6.45) is 5.16. The third-order valence-electron chi connectivity index (χ3n) is 2.39. The number of aromatic nitrogens is 5. The Morgan fingerprint density at radius 3 is 2.94 bits per heavy atom. The summed E-state index contributed by atoms with van der Waals surface area (Å²) >= 11 is 5.96. The first-order valence-corrected chi connectivity index (χ1v) is 5.10. The van der Waals surface area contributed by atoms with Crippen LogP contribution in [0.5, 0.6) is 0 Å².